The number of nitrogens with one attached hydrogen (secondary N) is 2. The predicted octanol–water partition coefficient (Wildman–Crippen LogP) is 6.08. The second kappa shape index (κ2) is 15.8. The molecule has 0 saturated heterocycles. The quantitative estimate of drug-likeness (QED) is 0.188. The van der Waals surface area contributed by atoms with Gasteiger partial charge in [-0.2, -0.15) is 0 Å². The van der Waals surface area contributed by atoms with E-state index in [9.17, 15) is 24.0 Å². The lowest BCUT2D eigenvalue weighted by atomic mass is 9.64. The summed E-state index contributed by atoms with van der Waals surface area (Å²) in [5.41, 5.74) is 7.08. The zero-order valence-corrected chi connectivity index (χ0v) is 33.9. The number of carbonyl (C=O) groups excluding carboxylic acids is 5. The summed E-state index contributed by atoms with van der Waals surface area (Å²) in [6.07, 6.45) is 4.17. The minimum atomic E-state index is -1.21. The Hall–Kier alpha value is -6.05. The smallest absolute Gasteiger partial charge is 0.340 e. The molecule has 0 fully saturated rings. The molecule has 14 heteroatoms. The van der Waals surface area contributed by atoms with Gasteiger partial charge in [0.2, 0.25) is 0 Å². The van der Waals surface area contributed by atoms with E-state index in [0.717, 1.165) is 22.2 Å². The lowest BCUT2D eigenvalue weighted by molar-refractivity contribution is -0.149. The van der Waals surface area contributed by atoms with Crippen LogP contribution in [0.2, 0.25) is 0 Å². The van der Waals surface area contributed by atoms with Crippen molar-refractivity contribution < 1.29 is 47.7 Å². The predicted molar refractivity (Wildman–Crippen MR) is 210 cm³/mol. The number of methoxy groups -OCH3 is 5. The van der Waals surface area contributed by atoms with Gasteiger partial charge in [-0.25, -0.2) is 9.59 Å². The van der Waals surface area contributed by atoms with E-state index >= 15 is 0 Å². The van der Waals surface area contributed by atoms with Gasteiger partial charge < -0.3 is 33.7 Å². The molecule has 3 aromatic rings. The maximum Gasteiger partial charge on any atom is 0.340 e. The highest BCUT2D eigenvalue weighted by Crippen LogP contribution is 2.52. The molecule has 2 N–H and O–H groups in total. The van der Waals surface area contributed by atoms with Crippen LogP contribution in [-0.4, -0.2) is 85.3 Å². The number of fused-ring (bicyclic) bond motifs is 11. The average molecular weight is 781 g/mol. The highest BCUT2D eigenvalue weighted by molar-refractivity contribution is 6.04. The summed E-state index contributed by atoms with van der Waals surface area (Å²) in [6.45, 7) is 9.68. The lowest BCUT2D eigenvalue weighted by Gasteiger charge is -2.36. The number of ether oxygens (including phenoxy) is 5. The topological polar surface area (TPSA) is 189 Å². The van der Waals surface area contributed by atoms with Gasteiger partial charge in [0.05, 0.1) is 81.1 Å². The molecule has 8 bridgehead atoms. The van der Waals surface area contributed by atoms with Crippen molar-refractivity contribution in [2.45, 2.75) is 77.6 Å². The molecule has 14 nitrogen and oxygen atoms in total. The van der Waals surface area contributed by atoms with Crippen LogP contribution in [0, 0.1) is 19.8 Å². The number of H-pyrrole nitrogens is 2. The second-order valence-corrected chi connectivity index (χ2v) is 14.6. The normalized spacial score (nSPS) is 19.8. The summed E-state index contributed by atoms with van der Waals surface area (Å²) in [5.74, 6) is -4.63. The van der Waals surface area contributed by atoms with Crippen molar-refractivity contribution in [1.82, 2.24) is 19.9 Å². The summed E-state index contributed by atoms with van der Waals surface area (Å²) in [7, 11) is 6.43. The zero-order valence-electron chi connectivity index (χ0n) is 33.9. The lowest BCUT2D eigenvalue weighted by Crippen LogP contribution is -2.42. The van der Waals surface area contributed by atoms with Gasteiger partial charge >= 0.3 is 29.8 Å². The molecule has 1 aliphatic carbocycles. The monoisotopic (exact) mass is 780 g/mol. The number of aromatic nitrogens is 4. The number of carbonyl (C=O) groups is 5. The van der Waals surface area contributed by atoms with Gasteiger partial charge in [-0.05, 0) is 74.1 Å². The van der Waals surface area contributed by atoms with Crippen LogP contribution in [0.3, 0.4) is 0 Å². The fraction of sp³-hybridized carbons (Fsp3) is 0.419. The highest BCUT2D eigenvalue weighted by Gasteiger charge is 2.53. The molecular formula is C43H48N4O10. The number of rotatable bonds is 9. The van der Waals surface area contributed by atoms with Crippen LogP contribution in [0.15, 0.2) is 35.9 Å². The van der Waals surface area contributed by atoms with Crippen molar-refractivity contribution in [3.63, 3.8) is 0 Å². The van der Waals surface area contributed by atoms with Crippen LogP contribution >= 0.6 is 0 Å². The largest absolute Gasteiger partial charge is 0.469 e. The van der Waals surface area contributed by atoms with Crippen LogP contribution in [0.1, 0.15) is 101 Å². The third-order valence-electron chi connectivity index (χ3n) is 11.8. The Morgan fingerprint density at radius 3 is 2.09 bits per heavy atom. The fourth-order valence-electron chi connectivity index (χ4n) is 8.60. The van der Waals surface area contributed by atoms with Gasteiger partial charge in [0.25, 0.3) is 0 Å². The minimum Gasteiger partial charge on any atom is -0.469 e. The second-order valence-electron chi connectivity index (χ2n) is 14.6. The SMILES string of the molecule is CCc1c(C)c2cc3nc(c(CC(=O)OC)c4[nH]c(cc5nc(cc1[nH]2)C1(C)C5=CC=C(C(=O)OC)C1C(=O)OC)c(C)c4C(=O)OC)[C@@H](CCC(=O)OC)[C@@H]3C. The molecule has 5 heterocycles. The van der Waals surface area contributed by atoms with Crippen molar-refractivity contribution in [2.24, 2.45) is 5.92 Å². The van der Waals surface area contributed by atoms with Gasteiger partial charge in [0.1, 0.15) is 5.92 Å². The van der Waals surface area contributed by atoms with E-state index in [4.69, 9.17) is 33.7 Å². The molecule has 57 heavy (non-hydrogen) atoms. The first-order chi connectivity index (χ1) is 27.2. The Morgan fingerprint density at radius 2 is 1.46 bits per heavy atom. The molecule has 0 spiro atoms. The van der Waals surface area contributed by atoms with Crippen molar-refractivity contribution in [2.75, 3.05) is 35.5 Å². The van der Waals surface area contributed by atoms with Gasteiger partial charge in [-0.15, -0.1) is 0 Å². The molecule has 0 radical (unpaired) electrons. The Labute approximate surface area is 330 Å². The Bertz CT molecular complexity index is 2440. The summed E-state index contributed by atoms with van der Waals surface area (Å²) in [6, 6.07) is 5.65. The first kappa shape index (κ1) is 40.6. The number of hydrogen-bond donors (Lipinski definition) is 2. The van der Waals surface area contributed by atoms with Crippen LogP contribution < -0.4 is 0 Å². The van der Waals surface area contributed by atoms with E-state index in [1.165, 1.54) is 35.5 Å². The first-order valence-corrected chi connectivity index (χ1v) is 18.8. The fourth-order valence-corrected chi connectivity index (χ4v) is 8.60. The van der Waals surface area contributed by atoms with Crippen molar-refractivity contribution >= 4 is 57.5 Å². The van der Waals surface area contributed by atoms with Gasteiger partial charge in [-0.3, -0.25) is 24.4 Å². The molecule has 2 aliphatic heterocycles. The first-order valence-electron chi connectivity index (χ1n) is 18.8. The van der Waals surface area contributed by atoms with Crippen molar-refractivity contribution in [3.05, 3.63) is 86.5 Å². The van der Waals surface area contributed by atoms with E-state index in [1.54, 1.807) is 25.1 Å². The van der Waals surface area contributed by atoms with Gasteiger partial charge in [0, 0.05) is 46.1 Å². The Kier molecular flexibility index (Phi) is 11.3. The van der Waals surface area contributed by atoms with E-state index in [0.29, 0.717) is 63.4 Å². The third kappa shape index (κ3) is 6.80. The molecule has 4 atom stereocenters. The summed E-state index contributed by atoms with van der Waals surface area (Å²) < 4.78 is 25.9. The van der Waals surface area contributed by atoms with Crippen LogP contribution in [-0.2, 0) is 61.1 Å². The van der Waals surface area contributed by atoms with E-state index in [2.05, 4.69) is 9.97 Å². The number of aryl methyl sites for hydroxylation is 3. The maximum absolute atomic E-state index is 13.8. The molecule has 3 aliphatic rings. The molecule has 0 aromatic carbocycles. The molecule has 0 saturated carbocycles. The van der Waals surface area contributed by atoms with Crippen LogP contribution in [0.4, 0.5) is 0 Å². The minimum absolute atomic E-state index is 0.0988. The summed E-state index contributed by atoms with van der Waals surface area (Å²) >= 11 is 0. The van der Waals surface area contributed by atoms with E-state index in [-0.39, 0.29) is 41.8 Å². The summed E-state index contributed by atoms with van der Waals surface area (Å²) in [5, 5.41) is 0. The van der Waals surface area contributed by atoms with Crippen molar-refractivity contribution in [3.8, 4) is 0 Å². The molecule has 2 unspecified atom stereocenters. The summed E-state index contributed by atoms with van der Waals surface area (Å²) in [4.78, 5) is 83.8. The Balaban J connectivity index is 1.84. The van der Waals surface area contributed by atoms with E-state index < -0.39 is 35.2 Å². The molecule has 300 valence electrons. The molecule has 3 aromatic heterocycles. The average Bonchev–Trinajstić information content (AvgIpc) is 3.88. The number of allylic oxidation sites excluding steroid dienone is 3. The highest BCUT2D eigenvalue weighted by atomic mass is 16.5. The van der Waals surface area contributed by atoms with Crippen LogP contribution in [0.25, 0.3) is 27.6 Å². The molecule has 0 amide bonds. The van der Waals surface area contributed by atoms with Gasteiger partial charge in [0.15, 0.2) is 0 Å². The zero-order chi connectivity index (χ0) is 41.5. The number of esters is 5. The number of hydrogen-bond acceptors (Lipinski definition) is 12. The van der Waals surface area contributed by atoms with Gasteiger partial charge in [-0.1, -0.05) is 26.0 Å². The molecular weight excluding hydrogens is 732 g/mol. The maximum atomic E-state index is 13.8. The Morgan fingerprint density at radius 1 is 0.772 bits per heavy atom. The molecule has 6 rings (SSSR count). The number of aromatic amines is 2. The van der Waals surface area contributed by atoms with E-state index in [1.807, 2.05) is 39.8 Å². The van der Waals surface area contributed by atoms with Crippen LogP contribution in [0.5, 0.6) is 0 Å². The van der Waals surface area contributed by atoms with Crippen molar-refractivity contribution in [1.29, 1.82) is 0 Å². The third-order valence-corrected chi connectivity index (χ3v) is 11.8. The number of nitrogens with zero attached hydrogens (tertiary/aromatic N) is 2. The standard InChI is InChI=1S/C43H48N4O10/c1-11-23-20(2)28-17-29-21(3)24(13-15-34(48)53-6)38(46-29)26(16-35(49)54-7)39-36(41(51)56-9)22(4)30(47-39)18-32-27-14-12-25(40(50)55-8)37(42(52)57-10)43(27,5)33(45-32)19-31(23)44-28/h12,14,17-19,21,24,37,44,47H,11,13,15-16H2,1-10H3/t21-,24-,37?,43?/m0/s1.